The number of rotatable bonds is 5. The molecule has 1 heterocycles. The minimum absolute atomic E-state index is 0.196. The smallest absolute Gasteiger partial charge is 0.251 e. The largest absolute Gasteiger partial charge is 0.346 e. The zero-order valence-electron chi connectivity index (χ0n) is 16.9. The average molecular weight is 419 g/mol. The highest BCUT2D eigenvalue weighted by Crippen LogP contribution is 2.26. The van der Waals surface area contributed by atoms with Crippen LogP contribution in [-0.4, -0.2) is 31.7 Å². The van der Waals surface area contributed by atoms with Gasteiger partial charge in [-0.3, -0.25) is 4.79 Å². The lowest BCUT2D eigenvalue weighted by Gasteiger charge is -2.34. The molecule has 0 radical (unpaired) electrons. The molecular weight excluding hydrogens is 391 g/mol. The molecule has 5 nitrogen and oxygen atoms in total. The molecule has 0 spiro atoms. The summed E-state index contributed by atoms with van der Waals surface area (Å²) < 4.78 is 40.5. The first-order valence-corrected chi connectivity index (χ1v) is 11.3. The number of sulfonamides is 1. The summed E-state index contributed by atoms with van der Waals surface area (Å²) in [5.41, 5.74) is 1.16. The van der Waals surface area contributed by atoms with E-state index in [4.69, 9.17) is 0 Å². The molecule has 2 aromatic carbocycles. The Labute approximate surface area is 172 Å². The second-order valence-electron chi connectivity index (χ2n) is 8.04. The molecule has 0 bridgehead atoms. The van der Waals surface area contributed by atoms with Crippen LogP contribution in [-0.2, 0) is 10.0 Å². The fraction of sp³-hybridized carbons (Fsp3) is 0.409. The topological polar surface area (TPSA) is 66.5 Å². The quantitative estimate of drug-likeness (QED) is 0.799. The number of benzene rings is 2. The van der Waals surface area contributed by atoms with E-state index in [0.29, 0.717) is 30.5 Å². The molecule has 3 rings (SSSR count). The van der Waals surface area contributed by atoms with Crippen molar-refractivity contribution in [1.29, 1.82) is 0 Å². The van der Waals surface area contributed by atoms with Gasteiger partial charge in [-0.1, -0.05) is 26.0 Å². The Morgan fingerprint density at radius 1 is 1.03 bits per heavy atom. The van der Waals surface area contributed by atoms with E-state index < -0.39 is 10.0 Å². The maximum absolute atomic E-state index is 13.0. The van der Waals surface area contributed by atoms with Crippen LogP contribution in [0.2, 0.25) is 0 Å². The van der Waals surface area contributed by atoms with Crippen molar-refractivity contribution >= 4 is 15.9 Å². The summed E-state index contributed by atoms with van der Waals surface area (Å²) in [7, 11) is -3.57. The minimum atomic E-state index is -3.57. The van der Waals surface area contributed by atoms with E-state index in [0.717, 1.165) is 12.0 Å². The molecule has 3 atom stereocenters. The number of hydrogen-bond acceptors (Lipinski definition) is 3. The molecule has 29 heavy (non-hydrogen) atoms. The lowest BCUT2D eigenvalue weighted by Crippen LogP contribution is -2.42. The van der Waals surface area contributed by atoms with Crippen LogP contribution in [0.1, 0.15) is 49.2 Å². The van der Waals surface area contributed by atoms with Gasteiger partial charge in [0.25, 0.3) is 5.91 Å². The van der Waals surface area contributed by atoms with Crippen LogP contribution in [0.4, 0.5) is 4.39 Å². The summed E-state index contributed by atoms with van der Waals surface area (Å²) in [6.07, 6.45) is 1.03. The van der Waals surface area contributed by atoms with Gasteiger partial charge >= 0.3 is 0 Å². The zero-order valence-corrected chi connectivity index (χ0v) is 17.7. The number of nitrogens with one attached hydrogen (secondary N) is 1. The second kappa shape index (κ2) is 8.63. The van der Waals surface area contributed by atoms with Crippen LogP contribution in [0, 0.1) is 17.7 Å². The van der Waals surface area contributed by atoms with E-state index in [9.17, 15) is 17.6 Å². The van der Waals surface area contributed by atoms with E-state index in [1.54, 1.807) is 12.1 Å². The van der Waals surface area contributed by atoms with Gasteiger partial charge < -0.3 is 5.32 Å². The minimum Gasteiger partial charge on any atom is -0.346 e. The summed E-state index contributed by atoms with van der Waals surface area (Å²) in [6, 6.07) is 11.6. The monoisotopic (exact) mass is 418 g/mol. The van der Waals surface area contributed by atoms with Crippen LogP contribution >= 0.6 is 0 Å². The maximum atomic E-state index is 13.0. The summed E-state index contributed by atoms with van der Waals surface area (Å²) in [5, 5.41) is 2.84. The number of amides is 1. The fourth-order valence-corrected chi connectivity index (χ4v) is 5.52. The Morgan fingerprint density at radius 3 is 2.14 bits per heavy atom. The third-order valence-electron chi connectivity index (χ3n) is 5.31. The molecule has 0 aliphatic carbocycles. The normalized spacial score (nSPS) is 21.5. The van der Waals surface area contributed by atoms with Gasteiger partial charge in [0.2, 0.25) is 10.0 Å². The summed E-state index contributed by atoms with van der Waals surface area (Å²) in [4.78, 5) is 12.7. The molecule has 1 saturated heterocycles. The molecule has 2 aromatic rings. The van der Waals surface area contributed by atoms with E-state index in [1.807, 2.05) is 6.92 Å². The highest BCUT2D eigenvalue weighted by molar-refractivity contribution is 7.89. The van der Waals surface area contributed by atoms with Crippen molar-refractivity contribution < 1.29 is 17.6 Å². The first-order chi connectivity index (χ1) is 13.7. The zero-order chi connectivity index (χ0) is 21.2. The summed E-state index contributed by atoms with van der Waals surface area (Å²) >= 11 is 0. The Morgan fingerprint density at radius 2 is 1.59 bits per heavy atom. The number of halogens is 1. The van der Waals surface area contributed by atoms with Gasteiger partial charge in [-0.05, 0) is 67.1 Å². The molecule has 1 amide bonds. The Bertz CT molecular complexity index is 949. The first kappa shape index (κ1) is 21.5. The van der Waals surface area contributed by atoms with Gasteiger partial charge in [-0.25, -0.2) is 12.8 Å². The predicted octanol–water partition coefficient (Wildman–Crippen LogP) is 3.98. The standard InChI is InChI=1S/C22H27FN2O3S/c1-15-12-16(2)14-25(13-15)29(27,28)21-10-6-19(7-11-21)22(26)24-17(3)18-4-8-20(23)9-5-18/h4-11,15-17H,12-14H2,1-3H3,(H,24,26)/t15-,16-,17+/m1/s1. The van der Waals surface area contributed by atoms with Gasteiger partial charge in [0.1, 0.15) is 5.82 Å². The second-order valence-corrected chi connectivity index (χ2v) is 9.98. The molecule has 0 saturated carbocycles. The third-order valence-corrected chi connectivity index (χ3v) is 7.15. The Balaban J connectivity index is 1.70. The predicted molar refractivity (Wildman–Crippen MR) is 110 cm³/mol. The molecule has 0 aromatic heterocycles. The van der Waals surface area contributed by atoms with Crippen LogP contribution < -0.4 is 5.32 Å². The van der Waals surface area contributed by atoms with Gasteiger partial charge in [-0.2, -0.15) is 4.31 Å². The molecule has 0 unspecified atom stereocenters. The summed E-state index contributed by atoms with van der Waals surface area (Å²) in [5.74, 6) is 0.00519. The van der Waals surface area contributed by atoms with Crippen LogP contribution in [0.3, 0.4) is 0 Å². The van der Waals surface area contributed by atoms with Crippen molar-refractivity contribution in [2.24, 2.45) is 11.8 Å². The SMILES string of the molecule is C[C@@H]1C[C@@H](C)CN(S(=O)(=O)c2ccc(C(=O)N[C@@H](C)c3ccc(F)cc3)cc2)C1. The van der Waals surface area contributed by atoms with Gasteiger partial charge in [0, 0.05) is 18.7 Å². The van der Waals surface area contributed by atoms with E-state index in [2.05, 4.69) is 19.2 Å². The molecule has 1 N–H and O–H groups in total. The van der Waals surface area contributed by atoms with Crippen molar-refractivity contribution in [3.8, 4) is 0 Å². The van der Waals surface area contributed by atoms with E-state index in [1.165, 1.54) is 40.7 Å². The highest BCUT2D eigenvalue weighted by atomic mass is 32.2. The average Bonchev–Trinajstić information content (AvgIpc) is 2.67. The Kier molecular flexibility index (Phi) is 6.39. The Hall–Kier alpha value is -2.25. The number of hydrogen-bond donors (Lipinski definition) is 1. The molecule has 1 aliphatic heterocycles. The maximum Gasteiger partial charge on any atom is 0.251 e. The van der Waals surface area contributed by atoms with Crippen LogP contribution in [0.25, 0.3) is 0 Å². The van der Waals surface area contributed by atoms with Gasteiger partial charge in [0.15, 0.2) is 0 Å². The summed E-state index contributed by atoms with van der Waals surface area (Å²) in [6.45, 7) is 6.97. The molecular formula is C22H27FN2O3S. The van der Waals surface area contributed by atoms with Crippen molar-refractivity contribution in [2.45, 2.75) is 38.1 Å². The fourth-order valence-electron chi connectivity index (χ4n) is 3.84. The van der Waals surface area contributed by atoms with Crippen LogP contribution in [0.5, 0.6) is 0 Å². The number of carbonyl (C=O) groups excluding carboxylic acids is 1. The van der Waals surface area contributed by atoms with E-state index >= 15 is 0 Å². The van der Waals surface area contributed by atoms with Gasteiger partial charge in [-0.15, -0.1) is 0 Å². The molecule has 156 valence electrons. The van der Waals surface area contributed by atoms with Crippen molar-refractivity contribution in [2.75, 3.05) is 13.1 Å². The lowest BCUT2D eigenvalue weighted by atomic mass is 9.94. The van der Waals surface area contributed by atoms with Gasteiger partial charge in [0.05, 0.1) is 10.9 Å². The molecule has 1 fully saturated rings. The molecule has 1 aliphatic rings. The number of piperidine rings is 1. The third kappa shape index (κ3) is 5.03. The van der Waals surface area contributed by atoms with Crippen molar-refractivity contribution in [1.82, 2.24) is 9.62 Å². The van der Waals surface area contributed by atoms with E-state index in [-0.39, 0.29) is 22.7 Å². The van der Waals surface area contributed by atoms with Crippen molar-refractivity contribution in [3.63, 3.8) is 0 Å². The highest BCUT2D eigenvalue weighted by Gasteiger charge is 2.31. The van der Waals surface area contributed by atoms with Crippen LogP contribution in [0.15, 0.2) is 53.4 Å². The molecule has 7 heteroatoms. The first-order valence-electron chi connectivity index (χ1n) is 9.83. The number of carbonyl (C=O) groups is 1. The number of nitrogens with zero attached hydrogens (tertiary/aromatic N) is 1. The lowest BCUT2D eigenvalue weighted by molar-refractivity contribution is 0.0940. The van der Waals surface area contributed by atoms with Crippen molar-refractivity contribution in [3.05, 3.63) is 65.5 Å².